The molecule has 2 N–H and O–H groups in total. The average molecular weight is 202 g/mol. The maximum atomic E-state index is 5.53. The highest BCUT2D eigenvalue weighted by molar-refractivity contribution is 5.33. The standard InChI is InChI=1S/C11H14N4/c1-9-3-2-6-14-11(9)15-8-7-13-10(15)4-5-12/h2-3,6-8H,4-5,12H2,1H3. The van der Waals surface area contributed by atoms with Gasteiger partial charge < -0.3 is 5.73 Å². The number of aryl methyl sites for hydroxylation is 1. The van der Waals surface area contributed by atoms with Gasteiger partial charge in [0.05, 0.1) is 0 Å². The van der Waals surface area contributed by atoms with Crippen LogP contribution in [-0.4, -0.2) is 21.1 Å². The number of imidazole rings is 1. The smallest absolute Gasteiger partial charge is 0.140 e. The molecule has 15 heavy (non-hydrogen) atoms. The summed E-state index contributed by atoms with van der Waals surface area (Å²) < 4.78 is 1.99. The van der Waals surface area contributed by atoms with Crippen LogP contribution in [0.1, 0.15) is 11.4 Å². The molecule has 0 bridgehead atoms. The van der Waals surface area contributed by atoms with E-state index in [2.05, 4.69) is 9.97 Å². The Hall–Kier alpha value is -1.68. The zero-order chi connectivity index (χ0) is 10.7. The zero-order valence-electron chi connectivity index (χ0n) is 8.72. The van der Waals surface area contributed by atoms with Gasteiger partial charge >= 0.3 is 0 Å². The van der Waals surface area contributed by atoms with Gasteiger partial charge in [-0.05, 0) is 25.1 Å². The molecule has 2 rings (SSSR count). The summed E-state index contributed by atoms with van der Waals surface area (Å²) in [6.45, 7) is 2.64. The quantitative estimate of drug-likeness (QED) is 0.810. The van der Waals surface area contributed by atoms with Crippen LogP contribution in [0.5, 0.6) is 0 Å². The summed E-state index contributed by atoms with van der Waals surface area (Å²) >= 11 is 0. The lowest BCUT2D eigenvalue weighted by molar-refractivity contribution is 0.819. The van der Waals surface area contributed by atoms with Gasteiger partial charge in [-0.2, -0.15) is 0 Å². The van der Waals surface area contributed by atoms with Crippen LogP contribution in [0.15, 0.2) is 30.7 Å². The second-order valence-electron chi connectivity index (χ2n) is 3.40. The number of hydrogen-bond donors (Lipinski definition) is 1. The third-order valence-electron chi connectivity index (χ3n) is 2.30. The van der Waals surface area contributed by atoms with Gasteiger partial charge in [-0.25, -0.2) is 9.97 Å². The molecule has 0 fully saturated rings. The van der Waals surface area contributed by atoms with Crippen molar-refractivity contribution in [3.63, 3.8) is 0 Å². The molecular formula is C11H14N4. The molecule has 0 atom stereocenters. The zero-order valence-corrected chi connectivity index (χ0v) is 8.72. The van der Waals surface area contributed by atoms with Crippen LogP contribution < -0.4 is 5.73 Å². The fourth-order valence-electron chi connectivity index (χ4n) is 1.57. The fourth-order valence-corrected chi connectivity index (χ4v) is 1.57. The molecule has 0 saturated carbocycles. The minimum Gasteiger partial charge on any atom is -0.330 e. The summed E-state index contributed by atoms with van der Waals surface area (Å²) in [5, 5.41) is 0. The van der Waals surface area contributed by atoms with E-state index in [9.17, 15) is 0 Å². The molecule has 4 heteroatoms. The molecule has 0 amide bonds. The van der Waals surface area contributed by atoms with E-state index in [1.54, 1.807) is 12.4 Å². The topological polar surface area (TPSA) is 56.7 Å². The molecule has 4 nitrogen and oxygen atoms in total. The Bertz CT molecular complexity index is 447. The van der Waals surface area contributed by atoms with Crippen molar-refractivity contribution in [1.82, 2.24) is 14.5 Å². The van der Waals surface area contributed by atoms with Crippen LogP contribution in [0, 0.1) is 6.92 Å². The minimum absolute atomic E-state index is 0.600. The molecule has 2 heterocycles. The summed E-state index contributed by atoms with van der Waals surface area (Å²) in [5.74, 6) is 1.89. The highest BCUT2D eigenvalue weighted by Gasteiger charge is 2.06. The lowest BCUT2D eigenvalue weighted by Gasteiger charge is -2.08. The van der Waals surface area contributed by atoms with Crippen LogP contribution in [0.3, 0.4) is 0 Å². The van der Waals surface area contributed by atoms with Crippen LogP contribution in [0.25, 0.3) is 5.82 Å². The monoisotopic (exact) mass is 202 g/mol. The van der Waals surface area contributed by atoms with Crippen LogP contribution >= 0.6 is 0 Å². The molecule has 0 unspecified atom stereocenters. The molecule has 0 radical (unpaired) electrons. The SMILES string of the molecule is Cc1cccnc1-n1ccnc1CCN. The summed E-state index contributed by atoms with van der Waals surface area (Å²) in [4.78, 5) is 8.61. The van der Waals surface area contributed by atoms with Gasteiger partial charge in [-0.15, -0.1) is 0 Å². The van der Waals surface area contributed by atoms with E-state index in [0.29, 0.717) is 6.54 Å². The van der Waals surface area contributed by atoms with E-state index in [0.717, 1.165) is 23.6 Å². The largest absolute Gasteiger partial charge is 0.330 e. The Morgan fingerprint density at radius 2 is 2.20 bits per heavy atom. The highest BCUT2D eigenvalue weighted by Crippen LogP contribution is 2.12. The van der Waals surface area contributed by atoms with E-state index >= 15 is 0 Å². The van der Waals surface area contributed by atoms with Crippen LogP contribution in [-0.2, 0) is 6.42 Å². The maximum absolute atomic E-state index is 5.53. The second kappa shape index (κ2) is 4.23. The van der Waals surface area contributed by atoms with E-state index in [4.69, 9.17) is 5.73 Å². The minimum atomic E-state index is 0.600. The normalized spacial score (nSPS) is 10.5. The molecule has 2 aromatic rings. The number of hydrogen-bond acceptors (Lipinski definition) is 3. The number of nitrogens with two attached hydrogens (primary N) is 1. The van der Waals surface area contributed by atoms with E-state index < -0.39 is 0 Å². The third-order valence-corrected chi connectivity index (χ3v) is 2.30. The van der Waals surface area contributed by atoms with Crippen molar-refractivity contribution in [3.05, 3.63) is 42.1 Å². The van der Waals surface area contributed by atoms with Gasteiger partial charge in [0.2, 0.25) is 0 Å². The first-order valence-corrected chi connectivity index (χ1v) is 4.97. The van der Waals surface area contributed by atoms with E-state index in [1.807, 2.05) is 29.8 Å². The Kier molecular flexibility index (Phi) is 2.78. The van der Waals surface area contributed by atoms with Gasteiger partial charge in [0.15, 0.2) is 0 Å². The van der Waals surface area contributed by atoms with Crippen molar-refractivity contribution >= 4 is 0 Å². The summed E-state index contributed by atoms with van der Waals surface area (Å²) in [5.41, 5.74) is 6.66. The molecule has 0 aliphatic rings. The molecule has 0 aliphatic heterocycles. The molecule has 0 saturated heterocycles. The molecule has 0 spiro atoms. The number of nitrogens with zero attached hydrogens (tertiary/aromatic N) is 3. The van der Waals surface area contributed by atoms with Gasteiger partial charge in [0, 0.05) is 25.0 Å². The Balaban J connectivity index is 2.45. The fraction of sp³-hybridized carbons (Fsp3) is 0.273. The lowest BCUT2D eigenvalue weighted by Crippen LogP contribution is -2.10. The van der Waals surface area contributed by atoms with Crippen molar-refractivity contribution in [1.29, 1.82) is 0 Å². The number of pyridine rings is 1. The average Bonchev–Trinajstić information content (AvgIpc) is 2.67. The van der Waals surface area contributed by atoms with Crippen molar-refractivity contribution in [2.45, 2.75) is 13.3 Å². The summed E-state index contributed by atoms with van der Waals surface area (Å²) in [6, 6.07) is 3.97. The molecular weight excluding hydrogens is 188 g/mol. The molecule has 0 aliphatic carbocycles. The molecule has 0 aromatic carbocycles. The van der Waals surface area contributed by atoms with E-state index in [-0.39, 0.29) is 0 Å². The predicted molar refractivity (Wildman–Crippen MR) is 58.9 cm³/mol. The highest BCUT2D eigenvalue weighted by atomic mass is 15.1. The number of aromatic nitrogens is 3. The van der Waals surface area contributed by atoms with Gasteiger partial charge in [0.25, 0.3) is 0 Å². The van der Waals surface area contributed by atoms with Gasteiger partial charge in [-0.1, -0.05) is 6.07 Å². The first-order chi connectivity index (χ1) is 7.33. The van der Waals surface area contributed by atoms with Gasteiger partial charge in [0.1, 0.15) is 11.6 Å². The predicted octanol–water partition coefficient (Wildman–Crippen LogP) is 1.08. The second-order valence-corrected chi connectivity index (χ2v) is 3.40. The maximum Gasteiger partial charge on any atom is 0.140 e. The van der Waals surface area contributed by atoms with Crippen molar-refractivity contribution in [3.8, 4) is 5.82 Å². The number of rotatable bonds is 3. The van der Waals surface area contributed by atoms with Crippen LogP contribution in [0.2, 0.25) is 0 Å². The summed E-state index contributed by atoms with van der Waals surface area (Å²) in [6.07, 6.45) is 6.25. The Morgan fingerprint density at radius 3 is 2.93 bits per heavy atom. The summed E-state index contributed by atoms with van der Waals surface area (Å²) in [7, 11) is 0. The third kappa shape index (κ3) is 1.89. The van der Waals surface area contributed by atoms with Crippen molar-refractivity contribution < 1.29 is 0 Å². The molecule has 2 aromatic heterocycles. The lowest BCUT2D eigenvalue weighted by atomic mass is 10.3. The van der Waals surface area contributed by atoms with Crippen molar-refractivity contribution in [2.24, 2.45) is 5.73 Å². The Morgan fingerprint density at radius 1 is 1.33 bits per heavy atom. The van der Waals surface area contributed by atoms with Crippen molar-refractivity contribution in [2.75, 3.05) is 6.54 Å². The van der Waals surface area contributed by atoms with E-state index in [1.165, 1.54) is 0 Å². The first-order valence-electron chi connectivity index (χ1n) is 4.97. The first kappa shape index (κ1) is 9.86. The molecule has 78 valence electrons. The van der Waals surface area contributed by atoms with Gasteiger partial charge in [-0.3, -0.25) is 4.57 Å². The Labute approximate surface area is 88.8 Å². The van der Waals surface area contributed by atoms with Crippen LogP contribution in [0.4, 0.5) is 0 Å².